The van der Waals surface area contributed by atoms with Gasteiger partial charge in [0.15, 0.2) is 0 Å². The largest absolute Gasteiger partial charge is 0.497 e. The molecule has 162 valence electrons. The third-order valence-electron chi connectivity index (χ3n) is 4.65. The topological polar surface area (TPSA) is 86.0 Å². The Labute approximate surface area is 192 Å². The third-order valence-corrected chi connectivity index (χ3v) is 5.14. The van der Waals surface area contributed by atoms with Crippen molar-refractivity contribution >= 4 is 44.3 Å². The summed E-state index contributed by atoms with van der Waals surface area (Å²) in [6.45, 7) is 1.86. The first-order valence-electron chi connectivity index (χ1n) is 9.71. The van der Waals surface area contributed by atoms with E-state index in [1.165, 1.54) is 0 Å². The van der Waals surface area contributed by atoms with Gasteiger partial charge in [-0.2, -0.15) is 0 Å². The molecule has 2 aromatic heterocycles. The number of methoxy groups -OCH3 is 2. The number of nitrogens with one attached hydrogen (secondary N) is 1. The number of carbonyl (C=O) groups excluding carboxylic acids is 1. The van der Waals surface area contributed by atoms with Gasteiger partial charge < -0.3 is 19.2 Å². The van der Waals surface area contributed by atoms with Gasteiger partial charge in [-0.3, -0.25) is 4.79 Å². The van der Waals surface area contributed by atoms with Gasteiger partial charge in [-0.15, -0.1) is 0 Å². The molecule has 0 fully saturated rings. The van der Waals surface area contributed by atoms with E-state index >= 15 is 0 Å². The van der Waals surface area contributed by atoms with E-state index in [-0.39, 0.29) is 17.0 Å². The van der Waals surface area contributed by atoms with Gasteiger partial charge in [0.05, 0.1) is 19.9 Å². The molecule has 0 saturated heterocycles. The molecular weight excluding hydrogens is 474 g/mol. The second-order valence-electron chi connectivity index (χ2n) is 6.95. The molecule has 0 unspecified atom stereocenters. The molecule has 32 heavy (non-hydrogen) atoms. The van der Waals surface area contributed by atoms with E-state index in [0.717, 1.165) is 15.6 Å². The van der Waals surface area contributed by atoms with Crippen molar-refractivity contribution in [3.8, 4) is 11.5 Å². The van der Waals surface area contributed by atoms with Crippen LogP contribution in [-0.2, 0) is 0 Å². The van der Waals surface area contributed by atoms with Crippen LogP contribution in [0.4, 0.5) is 11.5 Å². The summed E-state index contributed by atoms with van der Waals surface area (Å²) in [6.07, 6.45) is 0. The lowest BCUT2D eigenvalue weighted by Crippen LogP contribution is -2.22. The van der Waals surface area contributed by atoms with E-state index in [1.807, 2.05) is 37.3 Å². The summed E-state index contributed by atoms with van der Waals surface area (Å²) in [5, 5.41) is 3.57. The van der Waals surface area contributed by atoms with Crippen molar-refractivity contribution in [2.75, 3.05) is 19.5 Å². The quantitative estimate of drug-likeness (QED) is 0.402. The van der Waals surface area contributed by atoms with Crippen molar-refractivity contribution in [2.45, 2.75) is 6.92 Å². The van der Waals surface area contributed by atoms with Crippen molar-refractivity contribution in [3.05, 3.63) is 81.9 Å². The number of amides is 1. The van der Waals surface area contributed by atoms with Crippen LogP contribution < -0.4 is 20.3 Å². The molecular formula is C24H20BrN3O4. The molecule has 2 aromatic carbocycles. The number of hydrogen-bond donors (Lipinski definition) is 1. The monoisotopic (exact) mass is 493 g/mol. The Kier molecular flexibility index (Phi) is 6.23. The summed E-state index contributed by atoms with van der Waals surface area (Å²) in [6, 6.07) is 17.9. The second-order valence-corrected chi connectivity index (χ2v) is 7.86. The second kappa shape index (κ2) is 9.23. The van der Waals surface area contributed by atoms with E-state index in [2.05, 4.69) is 31.2 Å². The first-order valence-corrected chi connectivity index (χ1v) is 10.5. The summed E-state index contributed by atoms with van der Waals surface area (Å²) >= 11 is 3.46. The molecule has 4 rings (SSSR count). The highest BCUT2D eigenvalue weighted by atomic mass is 79.9. The number of rotatable bonds is 5. The number of hydrogen-bond acceptors (Lipinski definition) is 6. The lowest BCUT2D eigenvalue weighted by molar-refractivity contribution is 0.102. The fourth-order valence-electron chi connectivity index (χ4n) is 3.12. The molecule has 0 spiro atoms. The van der Waals surface area contributed by atoms with Gasteiger partial charge in [0.1, 0.15) is 28.5 Å². The molecule has 0 bridgehead atoms. The van der Waals surface area contributed by atoms with E-state index in [1.54, 1.807) is 44.6 Å². The molecule has 0 atom stereocenters. The standard InChI is InChI=1S/C24H20BrN3O4/c1-14-5-4-6-22(26-14)28-23(29)20-10-15-9-16(25)7-8-21(15)32-24(20)27-17-11-18(30-2)13-19(12-17)31-3/h4-13H,1-3H3,(H,26,28,29). The minimum absolute atomic E-state index is 0.153. The summed E-state index contributed by atoms with van der Waals surface area (Å²) in [5.41, 5.74) is 2.32. The minimum atomic E-state index is -0.387. The van der Waals surface area contributed by atoms with E-state index in [4.69, 9.17) is 13.9 Å². The normalized spacial score (nSPS) is 11.4. The van der Waals surface area contributed by atoms with Gasteiger partial charge in [-0.05, 0) is 43.3 Å². The summed E-state index contributed by atoms with van der Waals surface area (Å²) in [5.74, 6) is 1.20. The average molecular weight is 494 g/mol. The summed E-state index contributed by atoms with van der Waals surface area (Å²) in [7, 11) is 3.12. The Morgan fingerprint density at radius 1 is 1.03 bits per heavy atom. The van der Waals surface area contributed by atoms with Gasteiger partial charge >= 0.3 is 0 Å². The van der Waals surface area contributed by atoms with Gasteiger partial charge in [0.25, 0.3) is 5.91 Å². The van der Waals surface area contributed by atoms with Crippen LogP contribution in [0.25, 0.3) is 11.0 Å². The van der Waals surface area contributed by atoms with Crippen LogP contribution in [0.15, 0.2) is 74.5 Å². The molecule has 0 aliphatic rings. The number of pyridine rings is 1. The van der Waals surface area contributed by atoms with Crippen LogP contribution in [-0.4, -0.2) is 25.1 Å². The SMILES string of the molecule is COc1cc(N=c2oc3ccc(Br)cc3cc2C(=O)Nc2cccc(C)n2)cc(OC)c1. The van der Waals surface area contributed by atoms with Gasteiger partial charge in [0, 0.05) is 33.8 Å². The minimum Gasteiger partial charge on any atom is -0.497 e. The lowest BCUT2D eigenvalue weighted by Gasteiger charge is -2.08. The van der Waals surface area contributed by atoms with E-state index in [9.17, 15) is 4.79 Å². The number of fused-ring (bicyclic) bond motifs is 1. The zero-order valence-electron chi connectivity index (χ0n) is 17.7. The van der Waals surface area contributed by atoms with E-state index in [0.29, 0.717) is 28.6 Å². The molecule has 0 radical (unpaired) electrons. The number of ether oxygens (including phenoxy) is 2. The van der Waals surface area contributed by atoms with Gasteiger partial charge in [-0.1, -0.05) is 22.0 Å². The van der Waals surface area contributed by atoms with Gasteiger partial charge in [0.2, 0.25) is 5.55 Å². The van der Waals surface area contributed by atoms with Crippen LogP contribution in [0.2, 0.25) is 0 Å². The fourth-order valence-corrected chi connectivity index (χ4v) is 3.50. The number of nitrogens with zero attached hydrogens (tertiary/aromatic N) is 2. The Morgan fingerprint density at radius 3 is 2.47 bits per heavy atom. The zero-order chi connectivity index (χ0) is 22.7. The third kappa shape index (κ3) is 4.81. The molecule has 0 aliphatic carbocycles. The smallest absolute Gasteiger partial charge is 0.262 e. The molecule has 0 aliphatic heterocycles. The predicted octanol–water partition coefficient (Wildman–Crippen LogP) is 5.40. The van der Waals surface area contributed by atoms with Crippen LogP contribution in [0, 0.1) is 6.92 Å². The number of carbonyl (C=O) groups is 1. The van der Waals surface area contributed by atoms with Crippen LogP contribution >= 0.6 is 15.9 Å². The molecule has 4 aromatic rings. The zero-order valence-corrected chi connectivity index (χ0v) is 19.3. The first-order chi connectivity index (χ1) is 15.4. The first kappa shape index (κ1) is 21.6. The molecule has 8 heteroatoms. The van der Waals surface area contributed by atoms with Crippen LogP contribution in [0.1, 0.15) is 16.1 Å². The maximum atomic E-state index is 13.2. The maximum absolute atomic E-state index is 13.2. The predicted molar refractivity (Wildman–Crippen MR) is 126 cm³/mol. The Morgan fingerprint density at radius 2 is 1.78 bits per heavy atom. The lowest BCUT2D eigenvalue weighted by atomic mass is 10.1. The number of halogens is 1. The van der Waals surface area contributed by atoms with Crippen LogP contribution in [0.5, 0.6) is 11.5 Å². The van der Waals surface area contributed by atoms with Crippen LogP contribution in [0.3, 0.4) is 0 Å². The Hall–Kier alpha value is -3.65. The van der Waals surface area contributed by atoms with Crippen molar-refractivity contribution in [1.82, 2.24) is 4.98 Å². The van der Waals surface area contributed by atoms with Crippen molar-refractivity contribution in [3.63, 3.8) is 0 Å². The maximum Gasteiger partial charge on any atom is 0.262 e. The number of aryl methyl sites for hydroxylation is 1. The highest BCUT2D eigenvalue weighted by Crippen LogP contribution is 2.28. The molecule has 1 amide bonds. The number of aromatic nitrogens is 1. The van der Waals surface area contributed by atoms with Crippen molar-refractivity contribution < 1.29 is 18.7 Å². The van der Waals surface area contributed by atoms with E-state index < -0.39 is 0 Å². The Bertz CT molecular complexity index is 1360. The summed E-state index contributed by atoms with van der Waals surface area (Å²) in [4.78, 5) is 22.1. The number of anilines is 1. The molecule has 7 nitrogen and oxygen atoms in total. The highest BCUT2D eigenvalue weighted by Gasteiger charge is 2.14. The number of benzene rings is 2. The summed E-state index contributed by atoms with van der Waals surface area (Å²) < 4.78 is 17.5. The molecule has 1 N–H and O–H groups in total. The van der Waals surface area contributed by atoms with Crippen molar-refractivity contribution in [1.29, 1.82) is 0 Å². The Balaban J connectivity index is 1.88. The highest BCUT2D eigenvalue weighted by molar-refractivity contribution is 9.10. The average Bonchev–Trinajstić information content (AvgIpc) is 2.78. The van der Waals surface area contributed by atoms with Crippen molar-refractivity contribution in [2.24, 2.45) is 4.99 Å². The fraction of sp³-hybridized carbons (Fsp3) is 0.125. The molecule has 2 heterocycles. The molecule has 0 saturated carbocycles. The van der Waals surface area contributed by atoms with Gasteiger partial charge in [-0.25, -0.2) is 9.98 Å².